The summed E-state index contributed by atoms with van der Waals surface area (Å²) in [4.78, 5) is 24.4. The summed E-state index contributed by atoms with van der Waals surface area (Å²) in [5.41, 5.74) is -0.0800. The fraction of sp³-hybridized carbons (Fsp3) is 0.500. The number of ether oxygens (including phenoxy) is 1. The summed E-state index contributed by atoms with van der Waals surface area (Å²) in [5, 5.41) is 2.75. The third kappa shape index (κ3) is 5.87. The third-order valence-corrected chi connectivity index (χ3v) is 3.19. The molecule has 0 bridgehead atoms. The lowest BCUT2D eigenvalue weighted by Gasteiger charge is -2.26. The van der Waals surface area contributed by atoms with Crippen LogP contribution in [0.1, 0.15) is 45.0 Å². The van der Waals surface area contributed by atoms with E-state index in [-0.39, 0.29) is 11.8 Å². The number of amides is 1. The fourth-order valence-electron chi connectivity index (χ4n) is 1.72. The maximum absolute atomic E-state index is 12.2. The quantitative estimate of drug-likeness (QED) is 0.840. The lowest BCUT2D eigenvalue weighted by Crippen LogP contribution is -2.47. The highest BCUT2D eigenvalue weighted by molar-refractivity contribution is 9.10. The highest BCUT2D eigenvalue weighted by atomic mass is 79.9. The molecule has 0 spiro atoms. The zero-order valence-corrected chi connectivity index (χ0v) is 14.7. The number of hydrogen-bond donors (Lipinski definition) is 1. The molecule has 1 rings (SSSR count). The highest BCUT2D eigenvalue weighted by Gasteiger charge is 2.29. The summed E-state index contributed by atoms with van der Waals surface area (Å²) in [6, 6.07) is 6.35. The van der Waals surface area contributed by atoms with Crippen molar-refractivity contribution in [2.75, 3.05) is 0 Å². The molecule has 0 unspecified atom stereocenters. The minimum absolute atomic E-state index is 0.0593. The van der Waals surface area contributed by atoms with E-state index in [9.17, 15) is 9.59 Å². The Morgan fingerprint density at radius 2 is 1.86 bits per heavy atom. The van der Waals surface area contributed by atoms with Gasteiger partial charge in [0.15, 0.2) is 0 Å². The summed E-state index contributed by atoms with van der Waals surface area (Å²) >= 11 is 3.32. The predicted molar refractivity (Wildman–Crippen MR) is 86.1 cm³/mol. The second kappa shape index (κ2) is 7.07. The van der Waals surface area contributed by atoms with Crippen LogP contribution in [0.15, 0.2) is 28.7 Å². The molecule has 116 valence electrons. The van der Waals surface area contributed by atoms with Gasteiger partial charge in [-0.2, -0.15) is 0 Å². The van der Waals surface area contributed by atoms with E-state index in [1.807, 2.05) is 19.9 Å². The van der Waals surface area contributed by atoms with Gasteiger partial charge in [-0.15, -0.1) is 0 Å². The van der Waals surface area contributed by atoms with Crippen molar-refractivity contribution in [2.24, 2.45) is 5.92 Å². The second-order valence-corrected chi connectivity index (χ2v) is 7.15. The number of carbonyl (C=O) groups is 2. The molecule has 1 aromatic rings. The first-order chi connectivity index (χ1) is 9.60. The number of carbonyl (C=O) groups excluding carboxylic acids is 2. The Hall–Kier alpha value is -1.36. The van der Waals surface area contributed by atoms with Gasteiger partial charge in [-0.25, -0.2) is 4.79 Å². The summed E-state index contributed by atoms with van der Waals surface area (Å²) in [6.07, 6.45) is 0. The molecule has 0 aliphatic carbocycles. The number of nitrogens with one attached hydrogen (secondary N) is 1. The highest BCUT2D eigenvalue weighted by Crippen LogP contribution is 2.15. The molecular weight excluding hydrogens is 334 g/mol. The summed E-state index contributed by atoms with van der Waals surface area (Å²) in [6.45, 7) is 9.15. The van der Waals surface area contributed by atoms with E-state index in [1.165, 1.54) is 0 Å². The number of benzene rings is 1. The topological polar surface area (TPSA) is 55.4 Å². The molecule has 1 atom stereocenters. The zero-order valence-electron chi connectivity index (χ0n) is 13.1. The molecular formula is C16H22BrNO3. The molecule has 0 saturated heterocycles. The smallest absolute Gasteiger partial charge is 0.329 e. The molecule has 1 aromatic carbocycles. The Morgan fingerprint density at radius 3 is 2.33 bits per heavy atom. The normalized spacial score (nSPS) is 12.9. The van der Waals surface area contributed by atoms with Crippen LogP contribution in [0.5, 0.6) is 0 Å². The van der Waals surface area contributed by atoms with Crippen LogP contribution in [0.25, 0.3) is 0 Å². The molecule has 4 nitrogen and oxygen atoms in total. The van der Waals surface area contributed by atoms with Crippen LogP contribution in [0.2, 0.25) is 0 Å². The van der Waals surface area contributed by atoms with Gasteiger partial charge >= 0.3 is 5.97 Å². The van der Waals surface area contributed by atoms with Crippen molar-refractivity contribution in [2.45, 2.75) is 46.3 Å². The van der Waals surface area contributed by atoms with Crippen molar-refractivity contribution < 1.29 is 14.3 Å². The van der Waals surface area contributed by atoms with Crippen molar-refractivity contribution in [3.63, 3.8) is 0 Å². The Balaban J connectivity index is 2.84. The molecule has 0 heterocycles. The molecule has 5 heteroatoms. The molecule has 0 radical (unpaired) electrons. The molecule has 0 aromatic heterocycles. The van der Waals surface area contributed by atoms with Gasteiger partial charge < -0.3 is 10.1 Å². The Labute approximate surface area is 134 Å². The number of esters is 1. The lowest BCUT2D eigenvalue weighted by molar-refractivity contribution is -0.158. The molecule has 0 saturated carbocycles. The minimum atomic E-state index is -0.671. The fourth-order valence-corrected chi connectivity index (χ4v) is 2.12. The van der Waals surface area contributed by atoms with Crippen LogP contribution >= 0.6 is 15.9 Å². The van der Waals surface area contributed by atoms with Gasteiger partial charge in [0.25, 0.3) is 5.91 Å². The van der Waals surface area contributed by atoms with Crippen LogP contribution in [0.4, 0.5) is 0 Å². The first kappa shape index (κ1) is 17.7. The van der Waals surface area contributed by atoms with Crippen molar-refractivity contribution >= 4 is 27.8 Å². The van der Waals surface area contributed by atoms with Crippen molar-refractivity contribution in [3.05, 3.63) is 34.3 Å². The standard InChI is InChI=1S/C16H22BrNO3/c1-10(2)13(15(20)21-16(3,4)5)18-14(19)11-7-6-8-12(17)9-11/h6-10,13H,1-5H3,(H,18,19)/t13-/m0/s1. The van der Waals surface area contributed by atoms with E-state index >= 15 is 0 Å². The molecule has 0 aliphatic heterocycles. The van der Waals surface area contributed by atoms with Crippen molar-refractivity contribution in [1.29, 1.82) is 0 Å². The number of rotatable bonds is 4. The van der Waals surface area contributed by atoms with E-state index in [4.69, 9.17) is 4.74 Å². The Morgan fingerprint density at radius 1 is 1.24 bits per heavy atom. The molecule has 0 aliphatic rings. The molecule has 1 amide bonds. The molecule has 0 fully saturated rings. The monoisotopic (exact) mass is 355 g/mol. The maximum atomic E-state index is 12.2. The summed E-state index contributed by atoms with van der Waals surface area (Å²) in [5.74, 6) is -0.766. The second-order valence-electron chi connectivity index (χ2n) is 6.24. The van der Waals surface area contributed by atoms with Gasteiger partial charge in [0.05, 0.1) is 0 Å². The first-order valence-electron chi connectivity index (χ1n) is 6.89. The summed E-state index contributed by atoms with van der Waals surface area (Å²) < 4.78 is 6.17. The predicted octanol–water partition coefficient (Wildman–Crippen LogP) is 3.55. The van der Waals surface area contributed by atoms with Gasteiger partial charge in [0, 0.05) is 10.0 Å². The van der Waals surface area contributed by atoms with Crippen LogP contribution in [0.3, 0.4) is 0 Å². The zero-order chi connectivity index (χ0) is 16.2. The van der Waals surface area contributed by atoms with Gasteiger partial charge in [-0.3, -0.25) is 4.79 Å². The first-order valence-corrected chi connectivity index (χ1v) is 7.69. The molecule has 1 N–H and O–H groups in total. The summed E-state index contributed by atoms with van der Waals surface area (Å²) in [7, 11) is 0. The largest absolute Gasteiger partial charge is 0.458 e. The third-order valence-electron chi connectivity index (χ3n) is 2.70. The van der Waals surface area contributed by atoms with Gasteiger partial charge in [-0.1, -0.05) is 35.8 Å². The van der Waals surface area contributed by atoms with Gasteiger partial charge in [0.1, 0.15) is 11.6 Å². The Kier molecular flexibility index (Phi) is 5.96. The lowest BCUT2D eigenvalue weighted by atomic mass is 10.0. The minimum Gasteiger partial charge on any atom is -0.458 e. The van der Waals surface area contributed by atoms with Crippen LogP contribution in [-0.4, -0.2) is 23.5 Å². The Bertz CT molecular complexity index is 520. The van der Waals surface area contributed by atoms with Crippen LogP contribution in [0, 0.1) is 5.92 Å². The SMILES string of the molecule is CC(C)[C@H](NC(=O)c1cccc(Br)c1)C(=O)OC(C)(C)C. The van der Waals surface area contributed by atoms with Gasteiger partial charge in [-0.05, 0) is 44.9 Å². The number of halogens is 1. The van der Waals surface area contributed by atoms with Gasteiger partial charge in [0.2, 0.25) is 0 Å². The maximum Gasteiger partial charge on any atom is 0.329 e. The van der Waals surface area contributed by atoms with E-state index in [1.54, 1.807) is 39.0 Å². The van der Waals surface area contributed by atoms with E-state index in [0.717, 1.165) is 4.47 Å². The van der Waals surface area contributed by atoms with Crippen molar-refractivity contribution in [3.8, 4) is 0 Å². The van der Waals surface area contributed by atoms with E-state index in [2.05, 4.69) is 21.2 Å². The van der Waals surface area contributed by atoms with E-state index < -0.39 is 17.6 Å². The van der Waals surface area contributed by atoms with E-state index in [0.29, 0.717) is 5.56 Å². The van der Waals surface area contributed by atoms with Crippen LogP contribution < -0.4 is 5.32 Å². The average Bonchev–Trinajstić information content (AvgIpc) is 2.32. The number of hydrogen-bond acceptors (Lipinski definition) is 3. The van der Waals surface area contributed by atoms with Crippen LogP contribution in [-0.2, 0) is 9.53 Å². The van der Waals surface area contributed by atoms with Crippen molar-refractivity contribution in [1.82, 2.24) is 5.32 Å². The average molecular weight is 356 g/mol. The molecule has 21 heavy (non-hydrogen) atoms.